The lowest BCUT2D eigenvalue weighted by Gasteiger charge is -2.20. The lowest BCUT2D eigenvalue weighted by Crippen LogP contribution is -2.36. The minimum atomic E-state index is -3.53. The van der Waals surface area contributed by atoms with Crippen LogP contribution in [0.1, 0.15) is 6.92 Å². The van der Waals surface area contributed by atoms with E-state index in [4.69, 9.17) is 10.9 Å². The van der Waals surface area contributed by atoms with Gasteiger partial charge >= 0.3 is 0 Å². The molecule has 1 rings (SSSR count). The zero-order valence-electron chi connectivity index (χ0n) is 10.3. The number of hydrogen-bond acceptors (Lipinski definition) is 4. The maximum absolute atomic E-state index is 12.2. The molecule has 0 fully saturated rings. The number of amidine groups is 1. The molecule has 0 amide bonds. The summed E-state index contributed by atoms with van der Waals surface area (Å²) in [4.78, 5) is 0.221. The predicted octanol–water partition coefficient (Wildman–Crippen LogP) is 0.690. The molecule has 1 unspecified atom stereocenters. The summed E-state index contributed by atoms with van der Waals surface area (Å²) in [7, 11) is -2.07. The maximum atomic E-state index is 12.2. The van der Waals surface area contributed by atoms with Crippen molar-refractivity contribution in [1.29, 1.82) is 0 Å². The summed E-state index contributed by atoms with van der Waals surface area (Å²) in [6.45, 7) is 1.83. The molecule has 100 valence electrons. The van der Waals surface area contributed by atoms with Crippen LogP contribution in [0.4, 0.5) is 0 Å². The van der Waals surface area contributed by atoms with E-state index in [-0.39, 0.29) is 23.2 Å². The second-order valence-electron chi connectivity index (χ2n) is 4.02. The first kappa shape index (κ1) is 14.5. The summed E-state index contributed by atoms with van der Waals surface area (Å²) in [6.07, 6.45) is 0. The largest absolute Gasteiger partial charge is 0.409 e. The van der Waals surface area contributed by atoms with Gasteiger partial charge in [-0.3, -0.25) is 0 Å². The van der Waals surface area contributed by atoms with E-state index in [1.807, 2.05) is 0 Å². The van der Waals surface area contributed by atoms with Crippen LogP contribution in [0.25, 0.3) is 0 Å². The predicted molar refractivity (Wildman–Crippen MR) is 68.8 cm³/mol. The maximum Gasteiger partial charge on any atom is 0.242 e. The highest BCUT2D eigenvalue weighted by molar-refractivity contribution is 7.89. The van der Waals surface area contributed by atoms with Crippen LogP contribution < -0.4 is 5.73 Å². The smallest absolute Gasteiger partial charge is 0.242 e. The van der Waals surface area contributed by atoms with Gasteiger partial charge in [-0.15, -0.1) is 0 Å². The van der Waals surface area contributed by atoms with E-state index in [0.717, 1.165) is 0 Å². The molecule has 0 aromatic heterocycles. The molecule has 0 aliphatic rings. The van der Waals surface area contributed by atoms with Crippen LogP contribution >= 0.6 is 0 Å². The fourth-order valence-electron chi connectivity index (χ4n) is 1.45. The van der Waals surface area contributed by atoms with E-state index < -0.39 is 10.0 Å². The van der Waals surface area contributed by atoms with Crippen molar-refractivity contribution in [2.75, 3.05) is 13.6 Å². The zero-order chi connectivity index (χ0) is 13.8. The van der Waals surface area contributed by atoms with Crippen molar-refractivity contribution in [3.8, 4) is 0 Å². The fraction of sp³-hybridized carbons (Fsp3) is 0.364. The number of rotatable bonds is 5. The van der Waals surface area contributed by atoms with E-state index in [1.165, 1.54) is 23.5 Å². The molecule has 1 atom stereocenters. The van der Waals surface area contributed by atoms with Gasteiger partial charge in [-0.25, -0.2) is 12.7 Å². The normalized spacial score (nSPS) is 14.7. The lowest BCUT2D eigenvalue weighted by molar-refractivity contribution is 0.312. The van der Waals surface area contributed by atoms with E-state index >= 15 is 0 Å². The molecule has 0 bridgehead atoms. The first-order valence-electron chi connectivity index (χ1n) is 5.38. The number of oxime groups is 1. The summed E-state index contributed by atoms with van der Waals surface area (Å²) in [5.74, 6) is -0.358. The third-order valence-electron chi connectivity index (χ3n) is 2.60. The van der Waals surface area contributed by atoms with Crippen LogP contribution in [0.3, 0.4) is 0 Å². The minimum Gasteiger partial charge on any atom is -0.409 e. The molecule has 7 heteroatoms. The first-order chi connectivity index (χ1) is 8.39. The third kappa shape index (κ3) is 3.21. The van der Waals surface area contributed by atoms with Gasteiger partial charge in [-0.1, -0.05) is 30.3 Å². The van der Waals surface area contributed by atoms with Gasteiger partial charge in [0.25, 0.3) is 0 Å². The van der Waals surface area contributed by atoms with Gasteiger partial charge < -0.3 is 10.9 Å². The van der Waals surface area contributed by atoms with E-state index in [1.54, 1.807) is 25.1 Å². The summed E-state index contributed by atoms with van der Waals surface area (Å²) >= 11 is 0. The lowest BCUT2D eigenvalue weighted by atomic mass is 10.2. The average Bonchev–Trinajstić information content (AvgIpc) is 2.38. The summed E-state index contributed by atoms with van der Waals surface area (Å²) in [6, 6.07) is 8.12. The molecule has 0 saturated carbocycles. The summed E-state index contributed by atoms with van der Waals surface area (Å²) in [5, 5.41) is 11.4. The Bertz CT molecular complexity index is 514. The van der Waals surface area contributed by atoms with Crippen molar-refractivity contribution in [2.24, 2.45) is 16.8 Å². The monoisotopic (exact) mass is 271 g/mol. The Kier molecular flexibility index (Phi) is 4.69. The van der Waals surface area contributed by atoms with Gasteiger partial charge in [-0.05, 0) is 12.1 Å². The number of sulfonamides is 1. The molecule has 0 aliphatic heterocycles. The van der Waals surface area contributed by atoms with Crippen LogP contribution in [0.5, 0.6) is 0 Å². The molecule has 0 aliphatic carbocycles. The molecule has 0 spiro atoms. The molecule has 0 saturated heterocycles. The Balaban J connectivity index is 2.88. The number of nitrogens with two attached hydrogens (primary N) is 1. The Morgan fingerprint density at radius 1 is 1.44 bits per heavy atom. The van der Waals surface area contributed by atoms with Crippen molar-refractivity contribution in [3.05, 3.63) is 30.3 Å². The molecule has 0 heterocycles. The van der Waals surface area contributed by atoms with Crippen LogP contribution in [0, 0.1) is 5.92 Å². The van der Waals surface area contributed by atoms with E-state index in [9.17, 15) is 8.42 Å². The highest BCUT2D eigenvalue weighted by Crippen LogP contribution is 2.14. The van der Waals surface area contributed by atoms with Crippen molar-refractivity contribution < 1.29 is 13.6 Å². The van der Waals surface area contributed by atoms with Crippen LogP contribution in [0.15, 0.2) is 40.4 Å². The third-order valence-corrected chi connectivity index (χ3v) is 4.44. The SMILES string of the molecule is CC(CN(C)S(=O)(=O)c1ccccc1)C(N)=NO. The zero-order valence-corrected chi connectivity index (χ0v) is 11.1. The van der Waals surface area contributed by atoms with Gasteiger partial charge in [0, 0.05) is 19.5 Å². The average molecular weight is 271 g/mol. The van der Waals surface area contributed by atoms with Gasteiger partial charge in [0.15, 0.2) is 0 Å². The van der Waals surface area contributed by atoms with Crippen LogP contribution in [0.2, 0.25) is 0 Å². The first-order valence-corrected chi connectivity index (χ1v) is 6.82. The standard InChI is InChI=1S/C11H17N3O3S/c1-9(11(12)13-15)8-14(2)18(16,17)10-6-4-3-5-7-10/h3-7,9,15H,8H2,1-2H3,(H2,12,13). The van der Waals surface area contributed by atoms with Crippen molar-refractivity contribution in [1.82, 2.24) is 4.31 Å². The molecule has 1 aromatic carbocycles. The highest BCUT2D eigenvalue weighted by Gasteiger charge is 2.23. The highest BCUT2D eigenvalue weighted by atomic mass is 32.2. The molecule has 1 aromatic rings. The molecule has 18 heavy (non-hydrogen) atoms. The fourth-order valence-corrected chi connectivity index (χ4v) is 2.73. The van der Waals surface area contributed by atoms with Crippen LogP contribution in [-0.2, 0) is 10.0 Å². The van der Waals surface area contributed by atoms with E-state index in [0.29, 0.717) is 0 Å². The molecular weight excluding hydrogens is 254 g/mol. The van der Waals surface area contributed by atoms with Gasteiger partial charge in [-0.2, -0.15) is 0 Å². The Morgan fingerprint density at radius 3 is 2.50 bits per heavy atom. The van der Waals surface area contributed by atoms with Crippen molar-refractivity contribution in [2.45, 2.75) is 11.8 Å². The second kappa shape index (κ2) is 5.83. The molecular formula is C11H17N3O3S. The minimum absolute atomic E-state index is 0.00473. The summed E-state index contributed by atoms with van der Waals surface area (Å²) < 4.78 is 25.5. The van der Waals surface area contributed by atoms with E-state index in [2.05, 4.69) is 5.16 Å². The Labute approximate surface area is 107 Å². The number of nitrogens with zero attached hydrogens (tertiary/aromatic N) is 2. The number of hydrogen-bond donors (Lipinski definition) is 2. The molecule has 6 nitrogen and oxygen atoms in total. The Morgan fingerprint density at radius 2 is 2.00 bits per heavy atom. The van der Waals surface area contributed by atoms with Gasteiger partial charge in [0.05, 0.1) is 4.90 Å². The molecule has 0 radical (unpaired) electrons. The van der Waals surface area contributed by atoms with Gasteiger partial charge in [0.2, 0.25) is 10.0 Å². The Hall–Kier alpha value is -1.60. The molecule has 3 N–H and O–H groups in total. The number of benzene rings is 1. The van der Waals surface area contributed by atoms with Crippen molar-refractivity contribution in [3.63, 3.8) is 0 Å². The van der Waals surface area contributed by atoms with Crippen LogP contribution in [-0.4, -0.2) is 37.4 Å². The van der Waals surface area contributed by atoms with Crippen molar-refractivity contribution >= 4 is 15.9 Å². The topological polar surface area (TPSA) is 96.0 Å². The quantitative estimate of drug-likeness (QED) is 0.356. The summed E-state index contributed by atoms with van der Waals surface area (Å²) in [5.41, 5.74) is 5.43. The second-order valence-corrected chi connectivity index (χ2v) is 6.07. The van der Waals surface area contributed by atoms with Gasteiger partial charge in [0.1, 0.15) is 5.84 Å².